The smallest absolute Gasteiger partial charge is 0.263 e. The number of rotatable bonds is 5. The molecular formula is C19H14ClN3O4S. The highest BCUT2D eigenvalue weighted by Gasteiger charge is 2.26. The Morgan fingerprint density at radius 2 is 1.71 bits per heavy atom. The molecule has 3 amide bonds. The Hall–Kier alpha value is -3.23. The Labute approximate surface area is 170 Å². The third-order valence-electron chi connectivity index (χ3n) is 3.65. The lowest BCUT2D eigenvalue weighted by Gasteiger charge is -2.17. The molecule has 28 heavy (non-hydrogen) atoms. The number of nitrogens with one attached hydrogen (secondary N) is 3. The SMILES string of the molecule is O=C(COc1ccccc1C=C1C(=O)NC(=S)NC1=O)Nc1ccc(Cl)cc1. The van der Waals surface area contributed by atoms with Crippen LogP contribution in [0, 0.1) is 0 Å². The lowest BCUT2D eigenvalue weighted by Crippen LogP contribution is -2.51. The van der Waals surface area contributed by atoms with Crippen molar-refractivity contribution in [3.63, 3.8) is 0 Å². The number of benzene rings is 2. The van der Waals surface area contributed by atoms with Crippen LogP contribution in [0.4, 0.5) is 5.69 Å². The molecular weight excluding hydrogens is 402 g/mol. The summed E-state index contributed by atoms with van der Waals surface area (Å²) in [6.07, 6.45) is 1.37. The van der Waals surface area contributed by atoms with Gasteiger partial charge in [0.1, 0.15) is 11.3 Å². The third kappa shape index (κ3) is 4.93. The van der Waals surface area contributed by atoms with Gasteiger partial charge in [-0.3, -0.25) is 25.0 Å². The van der Waals surface area contributed by atoms with Crippen molar-refractivity contribution in [2.75, 3.05) is 11.9 Å². The van der Waals surface area contributed by atoms with Crippen molar-refractivity contribution < 1.29 is 19.1 Å². The van der Waals surface area contributed by atoms with Gasteiger partial charge >= 0.3 is 0 Å². The van der Waals surface area contributed by atoms with Gasteiger partial charge in [0.05, 0.1) is 0 Å². The van der Waals surface area contributed by atoms with E-state index >= 15 is 0 Å². The van der Waals surface area contributed by atoms with Gasteiger partial charge in [-0.2, -0.15) is 0 Å². The van der Waals surface area contributed by atoms with Gasteiger partial charge < -0.3 is 10.1 Å². The average molecular weight is 416 g/mol. The highest BCUT2D eigenvalue weighted by molar-refractivity contribution is 7.80. The van der Waals surface area contributed by atoms with E-state index in [0.29, 0.717) is 22.0 Å². The molecule has 1 aliphatic heterocycles. The molecule has 2 aromatic rings. The van der Waals surface area contributed by atoms with Crippen LogP contribution < -0.4 is 20.7 Å². The second-order valence-electron chi connectivity index (χ2n) is 5.68. The predicted molar refractivity (Wildman–Crippen MR) is 109 cm³/mol. The Morgan fingerprint density at radius 3 is 2.39 bits per heavy atom. The first-order valence-electron chi connectivity index (χ1n) is 8.08. The summed E-state index contributed by atoms with van der Waals surface area (Å²) in [5.41, 5.74) is 0.935. The van der Waals surface area contributed by atoms with Crippen molar-refractivity contribution in [2.24, 2.45) is 0 Å². The second-order valence-corrected chi connectivity index (χ2v) is 6.52. The van der Waals surface area contributed by atoms with Crippen molar-refractivity contribution in [2.45, 2.75) is 0 Å². The average Bonchev–Trinajstić information content (AvgIpc) is 2.65. The zero-order valence-corrected chi connectivity index (χ0v) is 15.9. The van der Waals surface area contributed by atoms with E-state index in [9.17, 15) is 14.4 Å². The third-order valence-corrected chi connectivity index (χ3v) is 4.11. The fourth-order valence-corrected chi connectivity index (χ4v) is 2.68. The normalized spacial score (nSPS) is 13.5. The maximum absolute atomic E-state index is 12.1. The summed E-state index contributed by atoms with van der Waals surface area (Å²) in [5, 5.41) is 7.91. The number of halogens is 1. The minimum atomic E-state index is -0.607. The van der Waals surface area contributed by atoms with E-state index in [0.717, 1.165) is 0 Å². The first kappa shape index (κ1) is 19.5. The second kappa shape index (κ2) is 8.64. The van der Waals surface area contributed by atoms with Gasteiger partial charge in [0.15, 0.2) is 11.7 Å². The zero-order chi connectivity index (χ0) is 20.1. The predicted octanol–water partition coefficient (Wildman–Crippen LogP) is 2.27. The van der Waals surface area contributed by atoms with Crippen molar-refractivity contribution in [3.8, 4) is 5.75 Å². The van der Waals surface area contributed by atoms with E-state index in [1.54, 1.807) is 48.5 Å². The fourth-order valence-electron chi connectivity index (χ4n) is 2.37. The summed E-state index contributed by atoms with van der Waals surface area (Å²) in [7, 11) is 0. The Balaban J connectivity index is 1.70. The molecule has 0 bridgehead atoms. The van der Waals surface area contributed by atoms with E-state index in [-0.39, 0.29) is 23.2 Å². The van der Waals surface area contributed by atoms with Gasteiger partial charge in [-0.1, -0.05) is 29.8 Å². The highest BCUT2D eigenvalue weighted by atomic mass is 35.5. The first-order chi connectivity index (χ1) is 13.4. The molecule has 1 saturated heterocycles. The molecule has 1 heterocycles. The molecule has 0 radical (unpaired) electrons. The summed E-state index contributed by atoms with van der Waals surface area (Å²) >= 11 is 10.6. The summed E-state index contributed by atoms with van der Waals surface area (Å²) in [4.78, 5) is 36.0. The van der Waals surface area contributed by atoms with Crippen LogP contribution in [0.2, 0.25) is 5.02 Å². The summed E-state index contributed by atoms with van der Waals surface area (Å²) in [6, 6.07) is 13.4. The van der Waals surface area contributed by atoms with Gasteiger partial charge in [-0.05, 0) is 48.6 Å². The number of amides is 3. The van der Waals surface area contributed by atoms with E-state index in [4.69, 9.17) is 28.6 Å². The maximum atomic E-state index is 12.1. The maximum Gasteiger partial charge on any atom is 0.263 e. The van der Waals surface area contributed by atoms with E-state index < -0.39 is 11.8 Å². The number of hydrogen-bond donors (Lipinski definition) is 3. The molecule has 0 spiro atoms. The molecule has 3 rings (SSSR count). The Bertz CT molecular complexity index is 967. The number of anilines is 1. The molecule has 0 aliphatic carbocycles. The topological polar surface area (TPSA) is 96.5 Å². The van der Waals surface area contributed by atoms with Crippen molar-refractivity contribution in [1.82, 2.24) is 10.6 Å². The van der Waals surface area contributed by atoms with Crippen molar-refractivity contribution >= 4 is 58.4 Å². The molecule has 7 nitrogen and oxygen atoms in total. The quantitative estimate of drug-likeness (QED) is 0.395. The van der Waals surface area contributed by atoms with Crippen LogP contribution in [0.15, 0.2) is 54.1 Å². The fraction of sp³-hybridized carbons (Fsp3) is 0.0526. The van der Waals surface area contributed by atoms with Gasteiger partial charge in [-0.25, -0.2) is 0 Å². The van der Waals surface area contributed by atoms with E-state index in [1.807, 2.05) is 0 Å². The molecule has 142 valence electrons. The van der Waals surface area contributed by atoms with Gasteiger partial charge in [-0.15, -0.1) is 0 Å². The first-order valence-corrected chi connectivity index (χ1v) is 8.86. The lowest BCUT2D eigenvalue weighted by atomic mass is 10.1. The number of carbonyl (C=O) groups is 3. The molecule has 3 N–H and O–H groups in total. The van der Waals surface area contributed by atoms with Crippen molar-refractivity contribution in [1.29, 1.82) is 0 Å². The highest BCUT2D eigenvalue weighted by Crippen LogP contribution is 2.22. The monoisotopic (exact) mass is 415 g/mol. The van der Waals surface area contributed by atoms with Crippen LogP contribution in [0.5, 0.6) is 5.75 Å². The number of para-hydroxylation sites is 1. The molecule has 0 saturated carbocycles. The number of hydrogen-bond acceptors (Lipinski definition) is 5. The zero-order valence-electron chi connectivity index (χ0n) is 14.3. The standard InChI is InChI=1S/C19H14ClN3O4S/c20-12-5-7-13(8-6-12)21-16(24)10-27-15-4-2-1-3-11(15)9-14-17(25)22-19(28)23-18(14)26/h1-9H,10H2,(H,21,24)(H2,22,23,25,26,28). The molecule has 1 fully saturated rings. The van der Waals surface area contributed by atoms with Crippen LogP contribution >= 0.6 is 23.8 Å². The van der Waals surface area contributed by atoms with Crippen LogP contribution in [0.1, 0.15) is 5.56 Å². The van der Waals surface area contributed by atoms with Crippen LogP contribution in [0.25, 0.3) is 6.08 Å². The van der Waals surface area contributed by atoms with E-state index in [2.05, 4.69) is 16.0 Å². The number of carbonyl (C=O) groups excluding carboxylic acids is 3. The van der Waals surface area contributed by atoms with Gasteiger partial charge in [0.2, 0.25) is 0 Å². The number of ether oxygens (including phenoxy) is 1. The van der Waals surface area contributed by atoms with E-state index in [1.165, 1.54) is 6.08 Å². The molecule has 9 heteroatoms. The Kier molecular flexibility index (Phi) is 6.03. The Morgan fingerprint density at radius 1 is 1.07 bits per heavy atom. The van der Waals surface area contributed by atoms with Crippen LogP contribution in [0.3, 0.4) is 0 Å². The minimum absolute atomic E-state index is 0.0458. The number of thiocarbonyl (C=S) groups is 1. The van der Waals surface area contributed by atoms with Crippen LogP contribution in [-0.4, -0.2) is 29.4 Å². The molecule has 0 atom stereocenters. The molecule has 1 aliphatic rings. The van der Waals surface area contributed by atoms with Gasteiger partial charge in [0, 0.05) is 16.3 Å². The largest absolute Gasteiger partial charge is 0.483 e. The summed E-state index contributed by atoms with van der Waals surface area (Å²) in [6.45, 7) is -0.259. The van der Waals surface area contributed by atoms with Crippen LogP contribution in [-0.2, 0) is 14.4 Å². The molecule has 0 unspecified atom stereocenters. The molecule has 2 aromatic carbocycles. The summed E-state index contributed by atoms with van der Waals surface area (Å²) in [5.74, 6) is -1.24. The molecule has 0 aromatic heterocycles. The lowest BCUT2D eigenvalue weighted by molar-refractivity contribution is -0.123. The van der Waals surface area contributed by atoms with Crippen molar-refractivity contribution in [3.05, 3.63) is 64.7 Å². The minimum Gasteiger partial charge on any atom is -0.483 e. The summed E-state index contributed by atoms with van der Waals surface area (Å²) < 4.78 is 5.56. The van der Waals surface area contributed by atoms with Gasteiger partial charge in [0.25, 0.3) is 17.7 Å².